The molecule has 182 valence electrons. The molecule has 8 nitrogen and oxygen atoms in total. The minimum atomic E-state index is -0.510. The second kappa shape index (κ2) is 11.1. The van der Waals surface area contributed by atoms with E-state index in [2.05, 4.69) is 20.9 Å². The van der Waals surface area contributed by atoms with Crippen LogP contribution in [0, 0.1) is 0 Å². The molecule has 1 saturated carbocycles. The molecule has 0 saturated heterocycles. The summed E-state index contributed by atoms with van der Waals surface area (Å²) >= 11 is 0. The largest absolute Gasteiger partial charge is 0.444 e. The summed E-state index contributed by atoms with van der Waals surface area (Å²) in [6, 6.07) is 15.1. The summed E-state index contributed by atoms with van der Waals surface area (Å²) in [7, 11) is 3.98. The van der Waals surface area contributed by atoms with Crippen molar-refractivity contribution in [2.45, 2.75) is 64.1 Å². The van der Waals surface area contributed by atoms with Gasteiger partial charge in [-0.2, -0.15) is 10.2 Å². The number of nitrogens with zero attached hydrogens (tertiary/aromatic N) is 3. The van der Waals surface area contributed by atoms with E-state index in [0.717, 1.165) is 37.1 Å². The zero-order valence-electron chi connectivity index (χ0n) is 20.7. The molecule has 0 spiro atoms. The third-order valence-corrected chi connectivity index (χ3v) is 5.56. The summed E-state index contributed by atoms with van der Waals surface area (Å²) in [6.07, 6.45) is 2.84. The number of carbonyl (C=O) groups is 2. The van der Waals surface area contributed by atoms with E-state index in [-0.39, 0.29) is 24.1 Å². The molecule has 0 heterocycles. The van der Waals surface area contributed by atoms with Crippen LogP contribution in [-0.4, -0.2) is 43.8 Å². The van der Waals surface area contributed by atoms with Gasteiger partial charge in [0.15, 0.2) is 0 Å². The maximum absolute atomic E-state index is 12.6. The van der Waals surface area contributed by atoms with Gasteiger partial charge in [-0.1, -0.05) is 0 Å². The first kappa shape index (κ1) is 25.2. The summed E-state index contributed by atoms with van der Waals surface area (Å²) in [5.41, 5.74) is 2.63. The normalized spacial score (nSPS) is 18.4. The van der Waals surface area contributed by atoms with Crippen molar-refractivity contribution in [3.05, 3.63) is 54.1 Å². The number of ether oxygens (including phenoxy) is 1. The molecule has 3 rings (SSSR count). The number of hydrogen-bond donors (Lipinski definition) is 2. The first-order chi connectivity index (χ1) is 16.1. The van der Waals surface area contributed by atoms with Crippen LogP contribution in [0.15, 0.2) is 58.8 Å². The predicted octanol–water partition coefficient (Wildman–Crippen LogP) is 5.73. The van der Waals surface area contributed by atoms with Crippen molar-refractivity contribution in [3.63, 3.8) is 0 Å². The molecule has 2 N–H and O–H groups in total. The molecule has 8 heteroatoms. The van der Waals surface area contributed by atoms with Crippen LogP contribution in [0.5, 0.6) is 0 Å². The fourth-order valence-corrected chi connectivity index (χ4v) is 3.74. The summed E-state index contributed by atoms with van der Waals surface area (Å²) < 4.78 is 5.32. The summed E-state index contributed by atoms with van der Waals surface area (Å²) in [5, 5.41) is 14.5. The van der Waals surface area contributed by atoms with E-state index in [1.54, 1.807) is 24.3 Å². The fourth-order valence-electron chi connectivity index (χ4n) is 3.74. The van der Waals surface area contributed by atoms with Gasteiger partial charge < -0.3 is 20.3 Å². The average molecular weight is 466 g/mol. The van der Waals surface area contributed by atoms with E-state index in [1.807, 2.05) is 64.0 Å². The molecule has 34 heavy (non-hydrogen) atoms. The van der Waals surface area contributed by atoms with Gasteiger partial charge in [0.1, 0.15) is 5.60 Å². The van der Waals surface area contributed by atoms with Crippen LogP contribution >= 0.6 is 0 Å². The second-order valence-corrected chi connectivity index (χ2v) is 9.83. The van der Waals surface area contributed by atoms with Crippen molar-refractivity contribution >= 4 is 29.1 Å². The zero-order valence-corrected chi connectivity index (χ0v) is 20.7. The van der Waals surface area contributed by atoms with Gasteiger partial charge in [0.05, 0.1) is 11.4 Å². The third kappa shape index (κ3) is 7.86. The van der Waals surface area contributed by atoms with Crippen molar-refractivity contribution in [2.24, 2.45) is 10.2 Å². The van der Waals surface area contributed by atoms with Gasteiger partial charge in [0, 0.05) is 37.4 Å². The molecule has 0 radical (unpaired) electrons. The minimum absolute atomic E-state index is 0.0757. The van der Waals surface area contributed by atoms with E-state index in [4.69, 9.17) is 4.74 Å². The first-order valence-electron chi connectivity index (χ1n) is 11.7. The number of amides is 2. The van der Waals surface area contributed by atoms with Crippen molar-refractivity contribution in [2.75, 3.05) is 19.0 Å². The molecule has 2 amide bonds. The van der Waals surface area contributed by atoms with Crippen LogP contribution in [0.3, 0.4) is 0 Å². The Balaban J connectivity index is 1.45. The van der Waals surface area contributed by atoms with Gasteiger partial charge in [0.2, 0.25) is 0 Å². The molecule has 0 atom stereocenters. The molecule has 0 aliphatic heterocycles. The van der Waals surface area contributed by atoms with Crippen LogP contribution in [-0.2, 0) is 4.74 Å². The molecule has 0 bridgehead atoms. The quantitative estimate of drug-likeness (QED) is 0.532. The standard InChI is InChI=1S/C26H35N5O3/c1-26(2,3)34-25(33)28-20-12-10-19(11-13-20)27-24(32)18-6-8-21(9-7-18)29-30-22-14-16-23(17-15-22)31(4)5/h6-9,14-17,19-20H,10-13H2,1-5H3,(H,27,32)(H,28,33). The predicted molar refractivity (Wildman–Crippen MR) is 134 cm³/mol. The minimum Gasteiger partial charge on any atom is -0.444 e. The number of hydrogen-bond acceptors (Lipinski definition) is 6. The van der Waals surface area contributed by atoms with Gasteiger partial charge in [-0.15, -0.1) is 0 Å². The van der Waals surface area contributed by atoms with Gasteiger partial charge in [-0.05, 0) is 95.0 Å². The Hall–Kier alpha value is -3.42. The number of anilines is 1. The summed E-state index contributed by atoms with van der Waals surface area (Å²) in [4.78, 5) is 26.6. The van der Waals surface area contributed by atoms with Gasteiger partial charge >= 0.3 is 6.09 Å². The van der Waals surface area contributed by atoms with Crippen molar-refractivity contribution in [3.8, 4) is 0 Å². The van der Waals surface area contributed by atoms with Gasteiger partial charge in [0.25, 0.3) is 5.91 Å². The van der Waals surface area contributed by atoms with Crippen LogP contribution in [0.2, 0.25) is 0 Å². The lowest BCUT2D eigenvalue weighted by Crippen LogP contribution is -2.45. The molecule has 2 aromatic rings. The van der Waals surface area contributed by atoms with Gasteiger partial charge in [-0.3, -0.25) is 4.79 Å². The number of rotatable bonds is 6. The van der Waals surface area contributed by atoms with Gasteiger partial charge in [-0.25, -0.2) is 4.79 Å². The van der Waals surface area contributed by atoms with Crippen molar-refractivity contribution in [1.82, 2.24) is 10.6 Å². The summed E-state index contributed by atoms with van der Waals surface area (Å²) in [5.74, 6) is -0.105. The maximum atomic E-state index is 12.6. The van der Waals surface area contributed by atoms with Crippen LogP contribution in [0.1, 0.15) is 56.8 Å². The Morgan fingerprint density at radius 3 is 1.76 bits per heavy atom. The molecule has 0 aromatic heterocycles. The van der Waals surface area contributed by atoms with E-state index >= 15 is 0 Å². The highest BCUT2D eigenvalue weighted by molar-refractivity contribution is 5.94. The monoisotopic (exact) mass is 465 g/mol. The van der Waals surface area contributed by atoms with Crippen LogP contribution in [0.25, 0.3) is 0 Å². The number of carbonyl (C=O) groups excluding carboxylic acids is 2. The Kier molecular flexibility index (Phi) is 8.26. The van der Waals surface area contributed by atoms with Crippen molar-refractivity contribution < 1.29 is 14.3 Å². The molecule has 1 aliphatic carbocycles. The Labute approximate surface area is 201 Å². The lowest BCUT2D eigenvalue weighted by atomic mass is 9.91. The highest BCUT2D eigenvalue weighted by Gasteiger charge is 2.25. The first-order valence-corrected chi connectivity index (χ1v) is 11.7. The lowest BCUT2D eigenvalue weighted by molar-refractivity contribution is 0.0488. The van der Waals surface area contributed by atoms with E-state index < -0.39 is 5.60 Å². The fraction of sp³-hybridized carbons (Fsp3) is 0.462. The van der Waals surface area contributed by atoms with E-state index in [0.29, 0.717) is 11.3 Å². The van der Waals surface area contributed by atoms with Crippen LogP contribution < -0.4 is 15.5 Å². The number of azo groups is 1. The second-order valence-electron chi connectivity index (χ2n) is 9.83. The molecular formula is C26H35N5O3. The van der Waals surface area contributed by atoms with Crippen molar-refractivity contribution in [1.29, 1.82) is 0 Å². The maximum Gasteiger partial charge on any atom is 0.407 e. The number of nitrogens with one attached hydrogen (secondary N) is 2. The Morgan fingerprint density at radius 2 is 1.29 bits per heavy atom. The topological polar surface area (TPSA) is 95.4 Å². The lowest BCUT2D eigenvalue weighted by Gasteiger charge is -2.30. The molecule has 1 aliphatic rings. The highest BCUT2D eigenvalue weighted by Crippen LogP contribution is 2.23. The molecule has 0 unspecified atom stereocenters. The Bertz CT molecular complexity index is 987. The van der Waals surface area contributed by atoms with E-state index in [9.17, 15) is 9.59 Å². The Morgan fingerprint density at radius 1 is 0.824 bits per heavy atom. The average Bonchev–Trinajstić information content (AvgIpc) is 2.78. The number of alkyl carbamates (subject to hydrolysis) is 1. The molecular weight excluding hydrogens is 430 g/mol. The number of benzene rings is 2. The summed E-state index contributed by atoms with van der Waals surface area (Å²) in [6.45, 7) is 5.54. The van der Waals surface area contributed by atoms with Crippen LogP contribution in [0.4, 0.5) is 21.9 Å². The smallest absolute Gasteiger partial charge is 0.407 e. The third-order valence-electron chi connectivity index (χ3n) is 5.56. The molecule has 2 aromatic carbocycles. The molecule has 1 fully saturated rings. The highest BCUT2D eigenvalue weighted by atomic mass is 16.6. The zero-order chi connectivity index (χ0) is 24.7. The SMILES string of the molecule is CN(C)c1ccc(N=Nc2ccc(C(=O)NC3CCC(NC(=O)OC(C)(C)C)CC3)cc2)cc1. The van der Waals surface area contributed by atoms with E-state index in [1.165, 1.54) is 0 Å².